The third kappa shape index (κ3) is 5.82. The van der Waals surface area contributed by atoms with Crippen molar-refractivity contribution in [3.63, 3.8) is 0 Å². The molecule has 0 amide bonds. The summed E-state index contributed by atoms with van der Waals surface area (Å²) in [5, 5.41) is 0. The van der Waals surface area contributed by atoms with E-state index in [-0.39, 0.29) is 6.61 Å². The summed E-state index contributed by atoms with van der Waals surface area (Å²) >= 11 is 0. The van der Waals surface area contributed by atoms with E-state index in [0.717, 1.165) is 48.8 Å². The van der Waals surface area contributed by atoms with Crippen LogP contribution in [0.2, 0.25) is 0 Å². The molecule has 1 unspecified atom stereocenters. The zero-order valence-corrected chi connectivity index (χ0v) is 14.9. The summed E-state index contributed by atoms with van der Waals surface area (Å²) < 4.78 is 10.6. The SMILES string of the molecule is CCc1ccccc1C(OC(=O)COC)/C1=C/C#CCCCCC#C1. The Labute approximate surface area is 150 Å². The van der Waals surface area contributed by atoms with Gasteiger partial charge in [0.2, 0.25) is 0 Å². The summed E-state index contributed by atoms with van der Waals surface area (Å²) in [6.07, 6.45) is 5.87. The van der Waals surface area contributed by atoms with Gasteiger partial charge in [-0.15, -0.1) is 0 Å². The maximum Gasteiger partial charge on any atom is 0.333 e. The summed E-state index contributed by atoms with van der Waals surface area (Å²) in [6.45, 7) is 2.00. The number of hydrogen-bond acceptors (Lipinski definition) is 3. The molecule has 1 atom stereocenters. The number of benzene rings is 1. The number of carbonyl (C=O) groups excluding carboxylic acids is 1. The van der Waals surface area contributed by atoms with Crippen LogP contribution < -0.4 is 0 Å². The average Bonchev–Trinajstić information content (AvgIpc) is 2.64. The van der Waals surface area contributed by atoms with Gasteiger partial charge < -0.3 is 9.47 Å². The molecule has 3 nitrogen and oxygen atoms in total. The third-order valence-corrected chi connectivity index (χ3v) is 3.93. The van der Waals surface area contributed by atoms with Crippen molar-refractivity contribution in [3.05, 3.63) is 47.0 Å². The van der Waals surface area contributed by atoms with E-state index < -0.39 is 12.1 Å². The Kier molecular flexibility index (Phi) is 7.83. The maximum absolute atomic E-state index is 12.1. The van der Waals surface area contributed by atoms with Crippen LogP contribution in [0.25, 0.3) is 0 Å². The molecule has 0 radical (unpaired) electrons. The number of carbonyl (C=O) groups is 1. The molecule has 130 valence electrons. The number of esters is 1. The molecule has 3 heteroatoms. The Morgan fingerprint density at radius 3 is 2.72 bits per heavy atom. The molecule has 1 aliphatic carbocycles. The minimum atomic E-state index is -0.556. The number of methoxy groups -OCH3 is 1. The van der Waals surface area contributed by atoms with Gasteiger partial charge in [0.1, 0.15) is 6.61 Å². The Balaban J connectivity index is 2.44. The van der Waals surface area contributed by atoms with Gasteiger partial charge in [-0.1, -0.05) is 54.9 Å². The third-order valence-electron chi connectivity index (χ3n) is 3.93. The van der Waals surface area contributed by atoms with E-state index in [2.05, 4.69) is 30.6 Å². The lowest BCUT2D eigenvalue weighted by molar-refractivity contribution is -0.151. The molecule has 1 aliphatic rings. The van der Waals surface area contributed by atoms with Crippen LogP contribution in [0, 0.1) is 23.7 Å². The van der Waals surface area contributed by atoms with Gasteiger partial charge in [-0.05, 0) is 24.8 Å². The highest BCUT2D eigenvalue weighted by Crippen LogP contribution is 2.29. The Morgan fingerprint density at radius 1 is 1.20 bits per heavy atom. The first kappa shape index (κ1) is 18.8. The maximum atomic E-state index is 12.1. The fraction of sp³-hybridized carbons (Fsp3) is 0.409. The minimum absolute atomic E-state index is 0.0861. The van der Waals surface area contributed by atoms with Crippen molar-refractivity contribution in [1.82, 2.24) is 0 Å². The van der Waals surface area contributed by atoms with Crippen molar-refractivity contribution in [2.24, 2.45) is 0 Å². The lowest BCUT2D eigenvalue weighted by Crippen LogP contribution is -2.18. The van der Waals surface area contributed by atoms with Gasteiger partial charge in [-0.25, -0.2) is 4.79 Å². The molecule has 0 aromatic heterocycles. The first-order valence-corrected chi connectivity index (χ1v) is 8.69. The van der Waals surface area contributed by atoms with E-state index in [4.69, 9.17) is 9.47 Å². The van der Waals surface area contributed by atoms with Crippen molar-refractivity contribution in [2.45, 2.75) is 45.1 Å². The summed E-state index contributed by atoms with van der Waals surface area (Å²) in [5.41, 5.74) is 2.80. The fourth-order valence-corrected chi connectivity index (χ4v) is 2.66. The molecule has 0 spiro atoms. The average molecular weight is 336 g/mol. The van der Waals surface area contributed by atoms with E-state index in [9.17, 15) is 4.79 Å². The second-order valence-corrected chi connectivity index (χ2v) is 5.78. The first-order valence-electron chi connectivity index (χ1n) is 8.69. The van der Waals surface area contributed by atoms with Crippen LogP contribution in [-0.2, 0) is 20.7 Å². The monoisotopic (exact) mass is 336 g/mol. The first-order chi connectivity index (χ1) is 12.3. The van der Waals surface area contributed by atoms with Gasteiger partial charge in [0.05, 0.1) is 5.57 Å². The van der Waals surface area contributed by atoms with Crippen LogP contribution in [-0.4, -0.2) is 19.7 Å². The van der Waals surface area contributed by atoms with E-state index in [1.807, 2.05) is 24.3 Å². The number of hydrogen-bond donors (Lipinski definition) is 0. The second kappa shape index (κ2) is 10.4. The number of aryl methyl sites for hydroxylation is 1. The highest BCUT2D eigenvalue weighted by Gasteiger charge is 2.22. The van der Waals surface area contributed by atoms with Gasteiger partial charge in [0, 0.05) is 31.6 Å². The molecular formula is C22H24O3. The highest BCUT2D eigenvalue weighted by molar-refractivity contribution is 5.71. The zero-order valence-electron chi connectivity index (χ0n) is 14.9. The molecule has 1 aromatic carbocycles. The van der Waals surface area contributed by atoms with Crippen molar-refractivity contribution >= 4 is 5.97 Å². The van der Waals surface area contributed by atoms with Gasteiger partial charge in [0.25, 0.3) is 0 Å². The molecule has 0 aliphatic heterocycles. The lowest BCUT2D eigenvalue weighted by atomic mass is 9.94. The van der Waals surface area contributed by atoms with E-state index in [1.54, 1.807) is 6.08 Å². The van der Waals surface area contributed by atoms with Crippen LogP contribution in [0.15, 0.2) is 35.9 Å². The van der Waals surface area contributed by atoms with Crippen LogP contribution >= 0.6 is 0 Å². The van der Waals surface area contributed by atoms with E-state index >= 15 is 0 Å². The van der Waals surface area contributed by atoms with Gasteiger partial charge >= 0.3 is 5.97 Å². The Bertz CT molecular complexity index is 738. The molecular weight excluding hydrogens is 312 g/mol. The summed E-state index contributed by atoms with van der Waals surface area (Å²) in [6, 6.07) is 7.97. The predicted molar refractivity (Wildman–Crippen MR) is 98.6 cm³/mol. The topological polar surface area (TPSA) is 35.5 Å². The van der Waals surface area contributed by atoms with Crippen molar-refractivity contribution in [1.29, 1.82) is 0 Å². The van der Waals surface area contributed by atoms with Gasteiger partial charge in [-0.3, -0.25) is 0 Å². The molecule has 0 bridgehead atoms. The second-order valence-electron chi connectivity index (χ2n) is 5.78. The van der Waals surface area contributed by atoms with Gasteiger partial charge in [0.15, 0.2) is 6.10 Å². The highest BCUT2D eigenvalue weighted by atomic mass is 16.6. The quantitative estimate of drug-likeness (QED) is 0.582. The van der Waals surface area contributed by atoms with Crippen LogP contribution in [0.5, 0.6) is 0 Å². The number of ether oxygens (including phenoxy) is 2. The van der Waals surface area contributed by atoms with Crippen LogP contribution in [0.4, 0.5) is 0 Å². The molecule has 2 rings (SSSR count). The molecule has 0 fully saturated rings. The zero-order chi connectivity index (χ0) is 17.9. The largest absolute Gasteiger partial charge is 0.450 e. The summed E-state index contributed by atoms with van der Waals surface area (Å²) in [7, 11) is 1.48. The van der Waals surface area contributed by atoms with Crippen molar-refractivity contribution in [2.75, 3.05) is 13.7 Å². The molecule has 0 N–H and O–H groups in total. The minimum Gasteiger partial charge on any atom is -0.450 e. The Morgan fingerprint density at radius 2 is 1.96 bits per heavy atom. The fourth-order valence-electron chi connectivity index (χ4n) is 2.66. The summed E-state index contributed by atoms with van der Waals surface area (Å²) in [5.74, 6) is 12.2. The lowest BCUT2D eigenvalue weighted by Gasteiger charge is -2.20. The van der Waals surface area contributed by atoms with E-state index in [1.165, 1.54) is 7.11 Å². The Hall–Kier alpha value is -2.49. The van der Waals surface area contributed by atoms with Crippen LogP contribution in [0.3, 0.4) is 0 Å². The van der Waals surface area contributed by atoms with Crippen molar-refractivity contribution in [3.8, 4) is 23.7 Å². The number of allylic oxidation sites excluding steroid dienone is 1. The van der Waals surface area contributed by atoms with Gasteiger partial charge in [-0.2, -0.15) is 0 Å². The molecule has 1 aromatic rings. The normalized spacial score (nSPS) is 17.0. The van der Waals surface area contributed by atoms with Crippen molar-refractivity contribution < 1.29 is 14.3 Å². The van der Waals surface area contributed by atoms with Crippen LogP contribution in [0.1, 0.15) is 49.8 Å². The molecule has 0 saturated carbocycles. The van der Waals surface area contributed by atoms with E-state index in [0.29, 0.717) is 0 Å². The molecule has 0 heterocycles. The summed E-state index contributed by atoms with van der Waals surface area (Å²) in [4.78, 5) is 12.1. The number of rotatable bonds is 6. The smallest absolute Gasteiger partial charge is 0.333 e. The molecule has 25 heavy (non-hydrogen) atoms. The predicted octanol–water partition coefficient (Wildman–Crippen LogP) is 3.99. The molecule has 0 saturated heterocycles. The standard InChI is InChI=1S/C22H24O3/c1-3-18-13-11-12-16-20(18)22(25-21(23)17-24-2)19-14-9-7-5-4-6-8-10-15-19/h11-13,15-16,22H,3-7,17H2,1-2H3/b19-15+.